The Morgan fingerprint density at radius 2 is 2.11 bits per heavy atom. The lowest BCUT2D eigenvalue weighted by molar-refractivity contribution is -0.385. The molecular formula is C14H22N2O3. The minimum absolute atomic E-state index is 0.128. The van der Waals surface area contributed by atoms with Crippen LogP contribution in [0, 0.1) is 16.0 Å². The normalized spacial score (nSPS) is 12.5. The molecule has 0 aliphatic rings. The Balaban J connectivity index is 3.01. The van der Waals surface area contributed by atoms with E-state index in [0.717, 1.165) is 12.1 Å². The lowest BCUT2D eigenvalue weighted by Gasteiger charge is -2.21. The van der Waals surface area contributed by atoms with Crippen LogP contribution in [0.5, 0.6) is 5.75 Å². The van der Waals surface area contributed by atoms with Crippen LogP contribution in [0.1, 0.15) is 26.3 Å². The highest BCUT2D eigenvalue weighted by molar-refractivity contribution is 5.46. The number of methoxy groups -OCH3 is 1. The largest absolute Gasteiger partial charge is 0.497 e. The van der Waals surface area contributed by atoms with Crippen molar-refractivity contribution in [3.05, 3.63) is 33.9 Å². The lowest BCUT2D eigenvalue weighted by atomic mass is 9.95. The first-order chi connectivity index (χ1) is 8.99. The van der Waals surface area contributed by atoms with Crippen molar-refractivity contribution in [1.82, 2.24) is 5.32 Å². The molecular weight excluding hydrogens is 244 g/mol. The minimum atomic E-state index is -0.346. The van der Waals surface area contributed by atoms with E-state index in [-0.39, 0.29) is 16.7 Å². The molecule has 0 amide bonds. The van der Waals surface area contributed by atoms with Gasteiger partial charge in [0.2, 0.25) is 0 Å². The summed E-state index contributed by atoms with van der Waals surface area (Å²) in [6.07, 6.45) is 0.645. The predicted molar refractivity (Wildman–Crippen MR) is 75.7 cm³/mol. The van der Waals surface area contributed by atoms with Crippen LogP contribution in [-0.4, -0.2) is 24.6 Å². The van der Waals surface area contributed by atoms with E-state index in [1.807, 2.05) is 6.92 Å². The van der Waals surface area contributed by atoms with Gasteiger partial charge in [-0.3, -0.25) is 10.1 Å². The summed E-state index contributed by atoms with van der Waals surface area (Å²) in [7, 11) is 1.51. The molecule has 1 aromatic rings. The molecule has 1 aromatic carbocycles. The van der Waals surface area contributed by atoms with Crippen LogP contribution in [0.15, 0.2) is 18.2 Å². The average Bonchev–Trinajstić information content (AvgIpc) is 2.38. The first-order valence-corrected chi connectivity index (χ1v) is 6.54. The summed E-state index contributed by atoms with van der Waals surface area (Å²) in [5.74, 6) is 0.932. The smallest absolute Gasteiger partial charge is 0.276 e. The molecule has 0 saturated carbocycles. The average molecular weight is 266 g/mol. The third-order valence-corrected chi connectivity index (χ3v) is 3.20. The molecule has 1 rings (SSSR count). The molecule has 0 aromatic heterocycles. The number of benzene rings is 1. The van der Waals surface area contributed by atoms with Crippen LogP contribution in [0.2, 0.25) is 0 Å². The Bertz CT molecular complexity index is 433. The number of nitrogens with one attached hydrogen (secondary N) is 1. The van der Waals surface area contributed by atoms with Gasteiger partial charge in [0, 0.05) is 11.6 Å². The number of nitro groups is 1. The highest BCUT2D eigenvalue weighted by Gasteiger charge is 2.20. The third kappa shape index (κ3) is 4.21. The Morgan fingerprint density at radius 1 is 1.42 bits per heavy atom. The Morgan fingerprint density at radius 3 is 2.58 bits per heavy atom. The van der Waals surface area contributed by atoms with E-state index in [2.05, 4.69) is 19.2 Å². The molecule has 106 valence electrons. The zero-order chi connectivity index (χ0) is 14.4. The van der Waals surface area contributed by atoms with Gasteiger partial charge in [0.05, 0.1) is 18.1 Å². The molecule has 1 unspecified atom stereocenters. The second kappa shape index (κ2) is 7.09. The van der Waals surface area contributed by atoms with E-state index in [0.29, 0.717) is 18.1 Å². The molecule has 5 heteroatoms. The minimum Gasteiger partial charge on any atom is -0.497 e. The van der Waals surface area contributed by atoms with Crippen molar-refractivity contribution in [3.63, 3.8) is 0 Å². The topological polar surface area (TPSA) is 64.4 Å². The first kappa shape index (κ1) is 15.4. The van der Waals surface area contributed by atoms with Crippen LogP contribution >= 0.6 is 0 Å². The van der Waals surface area contributed by atoms with E-state index in [1.165, 1.54) is 13.2 Å². The summed E-state index contributed by atoms with van der Waals surface area (Å²) in [6, 6.07) is 5.27. The van der Waals surface area contributed by atoms with Crippen LogP contribution < -0.4 is 10.1 Å². The third-order valence-electron chi connectivity index (χ3n) is 3.20. The summed E-state index contributed by atoms with van der Waals surface area (Å²) < 4.78 is 5.04. The number of ether oxygens (including phenoxy) is 1. The van der Waals surface area contributed by atoms with Gasteiger partial charge >= 0.3 is 0 Å². The van der Waals surface area contributed by atoms with Gasteiger partial charge in [-0.1, -0.05) is 20.8 Å². The molecule has 19 heavy (non-hydrogen) atoms. The molecule has 0 radical (unpaired) electrons. The zero-order valence-corrected chi connectivity index (χ0v) is 12.0. The summed E-state index contributed by atoms with van der Waals surface area (Å²) in [6.45, 7) is 7.12. The van der Waals surface area contributed by atoms with Gasteiger partial charge in [0.1, 0.15) is 5.75 Å². The first-order valence-electron chi connectivity index (χ1n) is 6.54. The molecule has 0 bridgehead atoms. The Kier molecular flexibility index (Phi) is 5.76. The van der Waals surface area contributed by atoms with E-state index >= 15 is 0 Å². The summed E-state index contributed by atoms with van der Waals surface area (Å²) >= 11 is 0. The van der Waals surface area contributed by atoms with E-state index in [4.69, 9.17) is 4.74 Å². The van der Waals surface area contributed by atoms with E-state index in [9.17, 15) is 10.1 Å². The van der Waals surface area contributed by atoms with Crippen molar-refractivity contribution in [3.8, 4) is 5.75 Å². The van der Waals surface area contributed by atoms with Crippen LogP contribution in [0.3, 0.4) is 0 Å². The van der Waals surface area contributed by atoms with Crippen molar-refractivity contribution in [2.24, 2.45) is 5.92 Å². The van der Waals surface area contributed by atoms with Gasteiger partial charge in [0.15, 0.2) is 0 Å². The molecule has 0 spiro atoms. The van der Waals surface area contributed by atoms with Crippen molar-refractivity contribution >= 4 is 5.69 Å². The molecule has 1 atom stereocenters. The van der Waals surface area contributed by atoms with E-state index in [1.54, 1.807) is 12.1 Å². The molecule has 0 aliphatic carbocycles. The highest BCUT2D eigenvalue weighted by Crippen LogP contribution is 2.26. The summed E-state index contributed by atoms with van der Waals surface area (Å²) in [4.78, 5) is 10.8. The number of rotatable bonds is 7. The highest BCUT2D eigenvalue weighted by atomic mass is 16.6. The van der Waals surface area contributed by atoms with Gasteiger partial charge in [-0.05, 0) is 31.0 Å². The van der Waals surface area contributed by atoms with E-state index < -0.39 is 0 Å². The molecule has 5 nitrogen and oxygen atoms in total. The summed E-state index contributed by atoms with van der Waals surface area (Å²) in [5.41, 5.74) is 0.869. The van der Waals surface area contributed by atoms with Gasteiger partial charge < -0.3 is 10.1 Å². The van der Waals surface area contributed by atoms with Gasteiger partial charge in [-0.2, -0.15) is 0 Å². The maximum absolute atomic E-state index is 11.1. The number of hydrogen-bond acceptors (Lipinski definition) is 4. The SMILES string of the molecule is CCNC(Cc1ccc(OC)cc1[N+](=O)[O-])C(C)C. The number of nitro benzene ring substituents is 1. The van der Waals surface area contributed by atoms with Crippen LogP contribution in [0.25, 0.3) is 0 Å². The van der Waals surface area contributed by atoms with Gasteiger partial charge in [-0.25, -0.2) is 0 Å². The second-order valence-corrected chi connectivity index (χ2v) is 4.86. The monoisotopic (exact) mass is 266 g/mol. The van der Waals surface area contributed by atoms with Crippen molar-refractivity contribution < 1.29 is 9.66 Å². The fraction of sp³-hybridized carbons (Fsp3) is 0.571. The second-order valence-electron chi connectivity index (χ2n) is 4.86. The van der Waals surface area contributed by atoms with Crippen LogP contribution in [-0.2, 0) is 6.42 Å². The zero-order valence-electron chi connectivity index (χ0n) is 12.0. The van der Waals surface area contributed by atoms with Gasteiger partial charge in [0.25, 0.3) is 5.69 Å². The quantitative estimate of drug-likeness (QED) is 0.609. The van der Waals surface area contributed by atoms with Crippen molar-refractivity contribution in [1.29, 1.82) is 0 Å². The molecule has 0 fully saturated rings. The molecule has 0 aliphatic heterocycles. The molecule has 0 saturated heterocycles. The fourth-order valence-electron chi connectivity index (χ4n) is 2.06. The standard InChI is InChI=1S/C14H22N2O3/c1-5-15-13(10(2)3)8-11-6-7-12(19-4)9-14(11)16(17)18/h6-7,9-10,13,15H,5,8H2,1-4H3. The van der Waals surface area contributed by atoms with Crippen molar-refractivity contribution in [2.75, 3.05) is 13.7 Å². The van der Waals surface area contributed by atoms with Gasteiger partial charge in [-0.15, -0.1) is 0 Å². The summed E-state index contributed by atoms with van der Waals surface area (Å²) in [5, 5.41) is 14.5. The number of hydrogen-bond donors (Lipinski definition) is 1. The van der Waals surface area contributed by atoms with Crippen LogP contribution in [0.4, 0.5) is 5.69 Å². The number of likely N-dealkylation sites (N-methyl/N-ethyl adjacent to an activating group) is 1. The Labute approximate surface area is 114 Å². The maximum atomic E-state index is 11.1. The number of nitrogens with zero attached hydrogens (tertiary/aromatic N) is 1. The molecule has 1 N–H and O–H groups in total. The Hall–Kier alpha value is -1.62. The van der Waals surface area contributed by atoms with Crippen molar-refractivity contribution in [2.45, 2.75) is 33.2 Å². The molecule has 0 heterocycles. The fourth-order valence-corrected chi connectivity index (χ4v) is 2.06. The lowest BCUT2D eigenvalue weighted by Crippen LogP contribution is -2.35. The maximum Gasteiger partial charge on any atom is 0.276 e. The predicted octanol–water partition coefficient (Wildman–Crippen LogP) is 2.78.